The Hall–Kier alpha value is -0.660. The summed E-state index contributed by atoms with van der Waals surface area (Å²) in [5.41, 5.74) is 0. The zero-order chi connectivity index (χ0) is 14.3. The Bertz CT molecular complexity index is 382. The Kier molecular flexibility index (Phi) is 6.74. The van der Waals surface area contributed by atoms with Gasteiger partial charge in [-0.25, -0.2) is 8.42 Å². The number of unbranched alkanes of at least 4 members (excludes halogenated alkanes) is 1. The summed E-state index contributed by atoms with van der Waals surface area (Å²) in [4.78, 5) is 13.7. The van der Waals surface area contributed by atoms with Gasteiger partial charge >= 0.3 is 0 Å². The molecule has 1 heterocycles. The highest BCUT2D eigenvalue weighted by Gasteiger charge is 2.34. The molecule has 1 aliphatic rings. The molecule has 0 radical (unpaired) electrons. The number of amides is 1. The average Bonchev–Trinajstić information content (AvgIpc) is 2.70. The third kappa shape index (κ3) is 5.46. The summed E-state index contributed by atoms with van der Waals surface area (Å²) in [7, 11) is -1.44. The predicted octanol–water partition coefficient (Wildman–Crippen LogP) is -0.189. The first-order chi connectivity index (χ1) is 9.00. The second-order valence-corrected chi connectivity index (χ2v) is 7.05. The summed E-state index contributed by atoms with van der Waals surface area (Å²) < 4.78 is 28.0. The van der Waals surface area contributed by atoms with Crippen molar-refractivity contribution in [3.63, 3.8) is 0 Å². The maximum absolute atomic E-state index is 12.1. The molecule has 0 bridgehead atoms. The zero-order valence-corrected chi connectivity index (χ0v) is 12.2. The van der Waals surface area contributed by atoms with Crippen molar-refractivity contribution in [1.82, 2.24) is 4.90 Å². The van der Waals surface area contributed by atoms with Crippen LogP contribution >= 0.6 is 0 Å². The van der Waals surface area contributed by atoms with Crippen LogP contribution in [-0.2, 0) is 19.4 Å². The van der Waals surface area contributed by atoms with E-state index in [0.29, 0.717) is 38.8 Å². The van der Waals surface area contributed by atoms with Gasteiger partial charge in [-0.2, -0.15) is 0 Å². The van der Waals surface area contributed by atoms with E-state index in [1.807, 2.05) is 0 Å². The van der Waals surface area contributed by atoms with E-state index in [9.17, 15) is 13.2 Å². The van der Waals surface area contributed by atoms with Crippen LogP contribution in [0.3, 0.4) is 0 Å². The molecule has 1 atom stereocenters. The number of hydrogen-bond acceptors (Lipinski definition) is 5. The van der Waals surface area contributed by atoms with Gasteiger partial charge in [-0.1, -0.05) is 0 Å². The van der Waals surface area contributed by atoms with Crippen LogP contribution < -0.4 is 0 Å². The lowest BCUT2D eigenvalue weighted by Gasteiger charge is -2.28. The Labute approximate surface area is 114 Å². The minimum Gasteiger partial charge on any atom is -0.396 e. The number of hydrogen-bond donors (Lipinski definition) is 1. The second-order valence-electron chi connectivity index (χ2n) is 4.82. The number of carbonyl (C=O) groups excluding carboxylic acids is 1. The van der Waals surface area contributed by atoms with Gasteiger partial charge in [0.25, 0.3) is 0 Å². The highest BCUT2D eigenvalue weighted by Crippen LogP contribution is 2.19. The molecule has 0 spiro atoms. The van der Waals surface area contributed by atoms with Crippen molar-refractivity contribution in [2.75, 3.05) is 38.4 Å². The summed E-state index contributed by atoms with van der Waals surface area (Å²) >= 11 is 0. The maximum Gasteiger partial charge on any atom is 0.222 e. The number of rotatable bonds is 8. The first-order valence-corrected chi connectivity index (χ1v) is 8.42. The lowest BCUT2D eigenvalue weighted by molar-refractivity contribution is -0.133. The van der Waals surface area contributed by atoms with Crippen LogP contribution in [0.15, 0.2) is 0 Å². The molecule has 1 unspecified atom stereocenters. The lowest BCUT2D eigenvalue weighted by atomic mass is 10.1. The third-order valence-electron chi connectivity index (χ3n) is 3.30. The summed E-state index contributed by atoms with van der Waals surface area (Å²) in [6, 6.07) is -0.221. The minimum atomic E-state index is -3.00. The lowest BCUT2D eigenvalue weighted by Crippen LogP contribution is -2.43. The number of nitrogens with zero attached hydrogens (tertiary/aromatic N) is 1. The van der Waals surface area contributed by atoms with Crippen molar-refractivity contribution in [1.29, 1.82) is 0 Å². The van der Waals surface area contributed by atoms with Crippen LogP contribution in [0, 0.1) is 0 Å². The normalized spacial score (nSPS) is 21.5. The van der Waals surface area contributed by atoms with E-state index in [1.165, 1.54) is 0 Å². The van der Waals surface area contributed by atoms with Gasteiger partial charge in [-0.05, 0) is 19.3 Å². The van der Waals surface area contributed by atoms with E-state index in [0.717, 1.165) is 0 Å². The molecule has 1 saturated heterocycles. The first-order valence-electron chi connectivity index (χ1n) is 6.60. The van der Waals surface area contributed by atoms with E-state index in [-0.39, 0.29) is 30.1 Å². The SMILES string of the molecule is COCCN(C(=O)CCCCO)C1CCS(=O)(=O)C1. The fourth-order valence-electron chi connectivity index (χ4n) is 2.25. The molecule has 1 amide bonds. The van der Waals surface area contributed by atoms with Crippen LogP contribution in [-0.4, -0.2) is 68.7 Å². The van der Waals surface area contributed by atoms with Gasteiger partial charge in [0.05, 0.1) is 18.1 Å². The molecule has 1 aliphatic heterocycles. The molecular formula is C12H23NO5S. The molecule has 1 N–H and O–H groups in total. The largest absolute Gasteiger partial charge is 0.396 e. The fourth-order valence-corrected chi connectivity index (χ4v) is 3.98. The van der Waals surface area contributed by atoms with E-state index in [1.54, 1.807) is 12.0 Å². The van der Waals surface area contributed by atoms with Gasteiger partial charge < -0.3 is 14.7 Å². The van der Waals surface area contributed by atoms with Crippen molar-refractivity contribution in [3.8, 4) is 0 Å². The number of aliphatic hydroxyl groups excluding tert-OH is 1. The second kappa shape index (κ2) is 7.81. The summed E-state index contributed by atoms with van der Waals surface area (Å²) in [5, 5.41) is 8.72. The molecule has 1 fully saturated rings. The van der Waals surface area contributed by atoms with Crippen LogP contribution in [0.2, 0.25) is 0 Å². The van der Waals surface area contributed by atoms with Gasteiger partial charge in [0.2, 0.25) is 5.91 Å². The molecule has 6 nitrogen and oxygen atoms in total. The molecule has 112 valence electrons. The molecular weight excluding hydrogens is 270 g/mol. The highest BCUT2D eigenvalue weighted by molar-refractivity contribution is 7.91. The van der Waals surface area contributed by atoms with Crippen LogP contribution in [0.5, 0.6) is 0 Å². The van der Waals surface area contributed by atoms with E-state index in [4.69, 9.17) is 9.84 Å². The average molecular weight is 293 g/mol. The Balaban J connectivity index is 2.58. The summed E-state index contributed by atoms with van der Waals surface area (Å²) in [5.74, 6) is 0.167. The van der Waals surface area contributed by atoms with E-state index >= 15 is 0 Å². The minimum absolute atomic E-state index is 0.0485. The molecule has 0 saturated carbocycles. The molecule has 0 aromatic rings. The Morgan fingerprint density at radius 2 is 2.16 bits per heavy atom. The van der Waals surface area contributed by atoms with Gasteiger partial charge in [-0.15, -0.1) is 0 Å². The predicted molar refractivity (Wildman–Crippen MR) is 71.6 cm³/mol. The van der Waals surface area contributed by atoms with Crippen LogP contribution in [0.1, 0.15) is 25.7 Å². The molecule has 0 aromatic heterocycles. The van der Waals surface area contributed by atoms with Crippen molar-refractivity contribution >= 4 is 15.7 Å². The Morgan fingerprint density at radius 3 is 2.68 bits per heavy atom. The molecule has 1 rings (SSSR count). The number of carbonyl (C=O) groups is 1. The topological polar surface area (TPSA) is 83.9 Å². The van der Waals surface area contributed by atoms with Crippen LogP contribution in [0.4, 0.5) is 0 Å². The Morgan fingerprint density at radius 1 is 1.42 bits per heavy atom. The van der Waals surface area contributed by atoms with Crippen LogP contribution in [0.25, 0.3) is 0 Å². The number of methoxy groups -OCH3 is 1. The first kappa shape index (κ1) is 16.4. The third-order valence-corrected chi connectivity index (χ3v) is 5.05. The smallest absolute Gasteiger partial charge is 0.222 e. The fraction of sp³-hybridized carbons (Fsp3) is 0.917. The zero-order valence-electron chi connectivity index (χ0n) is 11.4. The van der Waals surface area contributed by atoms with Crippen molar-refractivity contribution in [2.45, 2.75) is 31.7 Å². The summed E-state index contributed by atoms with van der Waals surface area (Å²) in [6.07, 6.45) is 2.07. The number of ether oxygens (including phenoxy) is 1. The molecule has 0 aliphatic carbocycles. The number of aliphatic hydroxyl groups is 1. The molecule has 7 heteroatoms. The monoisotopic (exact) mass is 293 g/mol. The van der Waals surface area contributed by atoms with Crippen molar-refractivity contribution in [3.05, 3.63) is 0 Å². The van der Waals surface area contributed by atoms with Gasteiger partial charge in [-0.3, -0.25) is 4.79 Å². The van der Waals surface area contributed by atoms with E-state index in [2.05, 4.69) is 0 Å². The van der Waals surface area contributed by atoms with Crippen molar-refractivity contribution < 1.29 is 23.1 Å². The van der Waals surface area contributed by atoms with Gasteiger partial charge in [0.1, 0.15) is 0 Å². The van der Waals surface area contributed by atoms with Gasteiger partial charge in [0.15, 0.2) is 9.84 Å². The quantitative estimate of drug-likeness (QED) is 0.627. The molecule has 0 aromatic carbocycles. The van der Waals surface area contributed by atoms with Crippen molar-refractivity contribution in [2.24, 2.45) is 0 Å². The van der Waals surface area contributed by atoms with Gasteiger partial charge in [0, 0.05) is 32.7 Å². The molecule has 19 heavy (non-hydrogen) atoms. The summed E-state index contributed by atoms with van der Waals surface area (Å²) in [6.45, 7) is 0.903. The van der Waals surface area contributed by atoms with E-state index < -0.39 is 9.84 Å². The maximum atomic E-state index is 12.1. The number of sulfone groups is 1. The standard InChI is InChI=1S/C12H23NO5S/c1-18-8-6-13(12(15)4-2-3-7-14)11-5-9-19(16,17)10-11/h11,14H,2-10H2,1H3. The highest BCUT2D eigenvalue weighted by atomic mass is 32.2.